The number of hydrogen-bond acceptors (Lipinski definition) is 1. The molecule has 0 unspecified atom stereocenters. The first-order valence-electron chi connectivity index (χ1n) is 4.95. The third kappa shape index (κ3) is 2.99. The molecule has 84 valence electrons. The third-order valence-electron chi connectivity index (χ3n) is 2.52. The number of hydrogen-bond donors (Lipinski definition) is 1. The fourth-order valence-corrected chi connectivity index (χ4v) is 1.61. The molecule has 0 atom stereocenters. The monoisotopic (exact) mass is 214 g/mol. The van der Waals surface area contributed by atoms with Gasteiger partial charge in [-0.25, -0.2) is 8.78 Å². The summed E-state index contributed by atoms with van der Waals surface area (Å²) in [5, 5.41) is 9.22. The normalized spacial score (nSPS) is 12.1. The minimum absolute atomic E-state index is 0.0484. The maximum Gasteiger partial charge on any atom is 0.242 e. The lowest BCUT2D eigenvalue weighted by Gasteiger charge is -2.25. The molecule has 0 aliphatic rings. The zero-order chi connectivity index (χ0) is 11.5. The highest BCUT2D eigenvalue weighted by Gasteiger charge is 2.23. The molecular weight excluding hydrogens is 198 g/mol. The molecule has 3 heteroatoms. The predicted molar refractivity (Wildman–Crippen MR) is 56.3 cm³/mol. The van der Waals surface area contributed by atoms with Gasteiger partial charge in [-0.05, 0) is 11.1 Å². The first kappa shape index (κ1) is 12.1. The molecule has 0 aromatic heterocycles. The fourth-order valence-electron chi connectivity index (χ4n) is 1.61. The van der Waals surface area contributed by atoms with Crippen molar-refractivity contribution >= 4 is 0 Å². The van der Waals surface area contributed by atoms with E-state index in [4.69, 9.17) is 0 Å². The van der Waals surface area contributed by atoms with Gasteiger partial charge in [-0.15, -0.1) is 0 Å². The lowest BCUT2D eigenvalue weighted by atomic mass is 9.82. The molecule has 15 heavy (non-hydrogen) atoms. The van der Waals surface area contributed by atoms with Gasteiger partial charge in [0.25, 0.3) is 0 Å². The van der Waals surface area contributed by atoms with Crippen LogP contribution in [-0.4, -0.2) is 18.1 Å². The summed E-state index contributed by atoms with van der Waals surface area (Å²) in [7, 11) is 0. The van der Waals surface area contributed by atoms with E-state index < -0.39 is 11.8 Å². The first-order chi connectivity index (χ1) is 6.97. The van der Waals surface area contributed by atoms with Crippen molar-refractivity contribution in [3.05, 3.63) is 35.4 Å². The first-order valence-corrected chi connectivity index (χ1v) is 4.95. The average Bonchev–Trinajstić information content (AvgIpc) is 2.17. The second-order valence-corrected chi connectivity index (χ2v) is 4.29. The summed E-state index contributed by atoms with van der Waals surface area (Å²) in [4.78, 5) is 0. The van der Waals surface area contributed by atoms with Gasteiger partial charge in [-0.2, -0.15) is 0 Å². The number of rotatable bonds is 4. The minimum Gasteiger partial charge on any atom is -0.395 e. The van der Waals surface area contributed by atoms with E-state index in [9.17, 15) is 13.9 Å². The van der Waals surface area contributed by atoms with E-state index in [0.717, 1.165) is 5.56 Å². The highest BCUT2D eigenvalue weighted by atomic mass is 19.3. The average molecular weight is 214 g/mol. The van der Waals surface area contributed by atoms with Crippen molar-refractivity contribution in [2.24, 2.45) is 0 Å². The quantitative estimate of drug-likeness (QED) is 0.817. The number of aliphatic hydroxyl groups excluding tert-OH is 1. The summed E-state index contributed by atoms with van der Waals surface area (Å²) in [5.41, 5.74) is 0.949. The summed E-state index contributed by atoms with van der Waals surface area (Å²) >= 11 is 0. The summed E-state index contributed by atoms with van der Waals surface area (Å²) in [6.45, 7) is 3.64. The van der Waals surface area contributed by atoms with Gasteiger partial charge in [0.05, 0.1) is 6.61 Å². The standard InChI is InChI=1S/C12H16F2O/c1-12(2,8-15)10-6-4-3-5-9(10)7-11(13)14/h3-6,11,15H,7-8H2,1-2H3. The van der Waals surface area contributed by atoms with E-state index in [0.29, 0.717) is 5.56 Å². The second-order valence-electron chi connectivity index (χ2n) is 4.29. The van der Waals surface area contributed by atoms with E-state index >= 15 is 0 Å². The number of alkyl halides is 2. The van der Waals surface area contributed by atoms with Crippen molar-refractivity contribution in [2.45, 2.75) is 32.1 Å². The van der Waals surface area contributed by atoms with Crippen molar-refractivity contribution < 1.29 is 13.9 Å². The Labute approximate surface area is 88.7 Å². The fraction of sp³-hybridized carbons (Fsp3) is 0.500. The Kier molecular flexibility index (Phi) is 3.80. The summed E-state index contributed by atoms with van der Waals surface area (Å²) in [6, 6.07) is 7.04. The van der Waals surface area contributed by atoms with Crippen molar-refractivity contribution in [1.82, 2.24) is 0 Å². The molecule has 0 bridgehead atoms. The maximum absolute atomic E-state index is 12.3. The molecule has 0 amide bonds. The van der Waals surface area contributed by atoms with Crippen LogP contribution in [0.2, 0.25) is 0 Å². The highest BCUT2D eigenvalue weighted by Crippen LogP contribution is 2.27. The van der Waals surface area contributed by atoms with Crippen LogP contribution in [0.1, 0.15) is 25.0 Å². The Bertz CT molecular complexity index is 321. The van der Waals surface area contributed by atoms with Crippen molar-refractivity contribution in [1.29, 1.82) is 0 Å². The molecule has 0 heterocycles. The minimum atomic E-state index is -2.35. The van der Waals surface area contributed by atoms with Gasteiger partial charge < -0.3 is 5.11 Å². The van der Waals surface area contributed by atoms with Crippen molar-refractivity contribution in [3.8, 4) is 0 Å². The molecule has 0 saturated carbocycles. The molecule has 1 aromatic carbocycles. The largest absolute Gasteiger partial charge is 0.395 e. The molecule has 1 aromatic rings. The van der Waals surface area contributed by atoms with Gasteiger partial charge in [0.1, 0.15) is 0 Å². The molecule has 0 aliphatic carbocycles. The second kappa shape index (κ2) is 4.71. The Morgan fingerprint density at radius 2 is 1.87 bits per heavy atom. The zero-order valence-electron chi connectivity index (χ0n) is 9.00. The zero-order valence-corrected chi connectivity index (χ0v) is 9.00. The molecule has 0 saturated heterocycles. The third-order valence-corrected chi connectivity index (χ3v) is 2.52. The summed E-state index contributed by atoms with van der Waals surface area (Å²) < 4.78 is 24.7. The molecule has 0 fully saturated rings. The van der Waals surface area contributed by atoms with E-state index in [1.54, 1.807) is 18.2 Å². The molecule has 1 rings (SSSR count). The summed E-state index contributed by atoms with van der Waals surface area (Å²) in [5.74, 6) is 0. The van der Waals surface area contributed by atoms with Gasteiger partial charge in [-0.1, -0.05) is 38.1 Å². The molecule has 0 aliphatic heterocycles. The van der Waals surface area contributed by atoms with Crippen LogP contribution < -0.4 is 0 Å². The van der Waals surface area contributed by atoms with Crippen molar-refractivity contribution in [3.63, 3.8) is 0 Å². The van der Waals surface area contributed by atoms with Crippen LogP contribution in [-0.2, 0) is 11.8 Å². The van der Waals surface area contributed by atoms with E-state index in [-0.39, 0.29) is 13.0 Å². The van der Waals surface area contributed by atoms with Crippen LogP contribution in [0.15, 0.2) is 24.3 Å². The number of halogens is 2. The lowest BCUT2D eigenvalue weighted by molar-refractivity contribution is 0.147. The Balaban J connectivity index is 3.06. The van der Waals surface area contributed by atoms with E-state index in [1.807, 2.05) is 19.9 Å². The molecular formula is C12H16F2O. The Hall–Kier alpha value is -0.960. The van der Waals surface area contributed by atoms with E-state index in [1.165, 1.54) is 0 Å². The van der Waals surface area contributed by atoms with Gasteiger partial charge in [-0.3, -0.25) is 0 Å². The van der Waals surface area contributed by atoms with Crippen LogP contribution in [0, 0.1) is 0 Å². The topological polar surface area (TPSA) is 20.2 Å². The maximum atomic E-state index is 12.3. The van der Waals surface area contributed by atoms with Crippen LogP contribution in [0.5, 0.6) is 0 Å². The van der Waals surface area contributed by atoms with Gasteiger partial charge in [0.2, 0.25) is 6.43 Å². The van der Waals surface area contributed by atoms with Crippen molar-refractivity contribution in [2.75, 3.05) is 6.61 Å². The molecule has 0 spiro atoms. The van der Waals surface area contributed by atoms with Gasteiger partial charge in [0, 0.05) is 11.8 Å². The van der Waals surface area contributed by atoms with Crippen LogP contribution in [0.25, 0.3) is 0 Å². The smallest absolute Gasteiger partial charge is 0.242 e. The number of benzene rings is 1. The lowest BCUT2D eigenvalue weighted by Crippen LogP contribution is -2.24. The number of aliphatic hydroxyl groups is 1. The Morgan fingerprint density at radius 3 is 2.40 bits per heavy atom. The van der Waals surface area contributed by atoms with Gasteiger partial charge >= 0.3 is 0 Å². The van der Waals surface area contributed by atoms with Crippen LogP contribution in [0.4, 0.5) is 8.78 Å². The molecule has 0 radical (unpaired) electrons. The Morgan fingerprint density at radius 1 is 1.27 bits per heavy atom. The molecule has 1 N–H and O–H groups in total. The van der Waals surface area contributed by atoms with Gasteiger partial charge in [0.15, 0.2) is 0 Å². The highest BCUT2D eigenvalue weighted by molar-refractivity contribution is 5.33. The van der Waals surface area contributed by atoms with Crippen LogP contribution in [0.3, 0.4) is 0 Å². The van der Waals surface area contributed by atoms with E-state index in [2.05, 4.69) is 0 Å². The predicted octanol–water partition coefficient (Wildman–Crippen LogP) is 2.76. The SMILES string of the molecule is CC(C)(CO)c1ccccc1CC(F)F. The van der Waals surface area contributed by atoms with Crippen LogP contribution >= 0.6 is 0 Å². The summed E-state index contributed by atoms with van der Waals surface area (Å²) in [6.07, 6.45) is -2.60. The molecule has 1 nitrogen and oxygen atoms in total.